The molecule has 6 heteroatoms. The van der Waals surface area contributed by atoms with Crippen molar-refractivity contribution in [3.63, 3.8) is 0 Å². The number of benzene rings is 1. The van der Waals surface area contributed by atoms with Gasteiger partial charge in [-0.2, -0.15) is 4.98 Å². The highest BCUT2D eigenvalue weighted by molar-refractivity contribution is 6.32. The maximum Gasteiger partial charge on any atom is 0.258 e. The van der Waals surface area contributed by atoms with Crippen LogP contribution in [0.5, 0.6) is 0 Å². The first-order chi connectivity index (χ1) is 9.65. The number of anilines is 1. The monoisotopic (exact) mass is 286 g/mol. The standard InChI is InChI=1S/C14H11ClN4O/c1-8-4-5-9(16)7-10(8)14-18-13(19-20-14)12-11(15)3-2-6-17-12/h2-7H,16H2,1H3. The Hall–Kier alpha value is -2.40. The number of halogens is 1. The molecule has 0 aliphatic rings. The molecule has 3 rings (SSSR count). The molecule has 0 bridgehead atoms. The van der Waals surface area contributed by atoms with E-state index in [1.54, 1.807) is 24.4 Å². The van der Waals surface area contributed by atoms with E-state index in [2.05, 4.69) is 15.1 Å². The van der Waals surface area contributed by atoms with Crippen LogP contribution in [0.3, 0.4) is 0 Å². The van der Waals surface area contributed by atoms with Gasteiger partial charge < -0.3 is 10.3 Å². The Kier molecular flexibility index (Phi) is 3.12. The lowest BCUT2D eigenvalue weighted by Crippen LogP contribution is -1.90. The zero-order valence-corrected chi connectivity index (χ0v) is 11.4. The van der Waals surface area contributed by atoms with Crippen molar-refractivity contribution in [2.75, 3.05) is 5.73 Å². The molecule has 0 saturated heterocycles. The third kappa shape index (κ3) is 2.23. The highest BCUT2D eigenvalue weighted by atomic mass is 35.5. The van der Waals surface area contributed by atoms with Gasteiger partial charge in [0.15, 0.2) is 0 Å². The minimum atomic E-state index is 0.354. The molecular formula is C14H11ClN4O. The molecule has 5 nitrogen and oxygen atoms in total. The van der Waals surface area contributed by atoms with Gasteiger partial charge in [0.1, 0.15) is 5.69 Å². The second kappa shape index (κ2) is 4.94. The van der Waals surface area contributed by atoms with Gasteiger partial charge in [-0.05, 0) is 36.8 Å². The number of aromatic nitrogens is 3. The van der Waals surface area contributed by atoms with Crippen molar-refractivity contribution in [1.82, 2.24) is 15.1 Å². The van der Waals surface area contributed by atoms with Crippen LogP contribution in [-0.2, 0) is 0 Å². The summed E-state index contributed by atoms with van der Waals surface area (Å²) in [5, 5.41) is 4.40. The highest BCUT2D eigenvalue weighted by Crippen LogP contribution is 2.28. The average Bonchev–Trinajstić information content (AvgIpc) is 2.91. The van der Waals surface area contributed by atoms with Crippen molar-refractivity contribution >= 4 is 17.3 Å². The van der Waals surface area contributed by atoms with Crippen LogP contribution in [0.2, 0.25) is 5.02 Å². The number of rotatable bonds is 2. The summed E-state index contributed by atoms with van der Waals surface area (Å²) in [6, 6.07) is 9.00. The van der Waals surface area contributed by atoms with E-state index in [0.717, 1.165) is 11.1 Å². The van der Waals surface area contributed by atoms with E-state index in [1.165, 1.54) is 0 Å². The van der Waals surface area contributed by atoms with Crippen LogP contribution in [0, 0.1) is 6.92 Å². The first-order valence-corrected chi connectivity index (χ1v) is 6.34. The van der Waals surface area contributed by atoms with Gasteiger partial charge in [0, 0.05) is 17.4 Å². The largest absolute Gasteiger partial charge is 0.399 e. The molecule has 20 heavy (non-hydrogen) atoms. The molecule has 0 unspecified atom stereocenters. The molecule has 2 aromatic heterocycles. The van der Waals surface area contributed by atoms with E-state index in [-0.39, 0.29) is 0 Å². The van der Waals surface area contributed by atoms with Crippen LogP contribution in [0.1, 0.15) is 5.56 Å². The lowest BCUT2D eigenvalue weighted by atomic mass is 10.1. The predicted octanol–water partition coefficient (Wildman–Crippen LogP) is 3.34. The molecular weight excluding hydrogens is 276 g/mol. The van der Waals surface area contributed by atoms with E-state index < -0.39 is 0 Å². The van der Waals surface area contributed by atoms with Gasteiger partial charge in [-0.15, -0.1) is 0 Å². The molecule has 3 aromatic rings. The maximum absolute atomic E-state index is 6.07. The van der Waals surface area contributed by atoms with Gasteiger partial charge >= 0.3 is 0 Å². The molecule has 2 N–H and O–H groups in total. The molecule has 0 spiro atoms. The fourth-order valence-corrected chi connectivity index (χ4v) is 2.06. The maximum atomic E-state index is 6.07. The Labute approximate surface area is 120 Å². The van der Waals surface area contributed by atoms with Crippen molar-refractivity contribution in [3.05, 3.63) is 47.1 Å². The van der Waals surface area contributed by atoms with Crippen LogP contribution in [0.15, 0.2) is 41.1 Å². The number of pyridine rings is 1. The molecule has 0 aliphatic carbocycles. The minimum Gasteiger partial charge on any atom is -0.399 e. The molecule has 100 valence electrons. The van der Waals surface area contributed by atoms with Crippen LogP contribution in [0.25, 0.3) is 23.0 Å². The summed E-state index contributed by atoms with van der Waals surface area (Å²) >= 11 is 6.07. The summed E-state index contributed by atoms with van der Waals surface area (Å²) in [7, 11) is 0. The highest BCUT2D eigenvalue weighted by Gasteiger charge is 2.15. The summed E-state index contributed by atoms with van der Waals surface area (Å²) in [6.45, 7) is 1.95. The topological polar surface area (TPSA) is 77.8 Å². The third-order valence-corrected chi connectivity index (χ3v) is 3.19. The summed E-state index contributed by atoms with van der Waals surface area (Å²) in [5.41, 5.74) is 8.72. The van der Waals surface area contributed by atoms with Gasteiger partial charge in [-0.3, -0.25) is 4.98 Å². The van der Waals surface area contributed by atoms with Gasteiger partial charge in [0.2, 0.25) is 5.82 Å². The van der Waals surface area contributed by atoms with Gasteiger partial charge in [-0.25, -0.2) is 0 Å². The number of aryl methyl sites for hydroxylation is 1. The second-order valence-corrected chi connectivity index (χ2v) is 4.74. The zero-order valence-electron chi connectivity index (χ0n) is 10.7. The molecule has 2 heterocycles. The number of nitrogens with two attached hydrogens (primary N) is 1. The molecule has 0 radical (unpaired) electrons. The van der Waals surface area contributed by atoms with Gasteiger partial charge in [0.05, 0.1) is 5.02 Å². The molecule has 0 amide bonds. The molecule has 0 saturated carbocycles. The predicted molar refractivity (Wildman–Crippen MR) is 77.1 cm³/mol. The molecule has 1 aromatic carbocycles. The summed E-state index contributed by atoms with van der Waals surface area (Å²) < 4.78 is 5.28. The SMILES string of the molecule is Cc1ccc(N)cc1-c1nc(-c2ncccc2Cl)no1. The molecule has 0 aliphatic heterocycles. The van der Waals surface area contributed by atoms with E-state index in [4.69, 9.17) is 21.9 Å². The molecule has 0 atom stereocenters. The average molecular weight is 287 g/mol. The van der Waals surface area contributed by atoms with E-state index >= 15 is 0 Å². The lowest BCUT2D eigenvalue weighted by Gasteiger charge is -2.01. The number of nitrogens with zero attached hydrogens (tertiary/aromatic N) is 3. The van der Waals surface area contributed by atoms with Crippen LogP contribution < -0.4 is 5.73 Å². The zero-order chi connectivity index (χ0) is 14.1. The van der Waals surface area contributed by atoms with E-state index in [9.17, 15) is 0 Å². The summed E-state index contributed by atoms with van der Waals surface area (Å²) in [6.07, 6.45) is 1.63. The van der Waals surface area contributed by atoms with E-state index in [0.29, 0.717) is 28.1 Å². The smallest absolute Gasteiger partial charge is 0.258 e. The molecule has 0 fully saturated rings. The summed E-state index contributed by atoms with van der Waals surface area (Å²) in [4.78, 5) is 8.49. The van der Waals surface area contributed by atoms with Gasteiger partial charge in [0.25, 0.3) is 5.89 Å². The number of hydrogen-bond donors (Lipinski definition) is 1. The Morgan fingerprint density at radius 2 is 2.10 bits per heavy atom. The first kappa shape index (κ1) is 12.6. The second-order valence-electron chi connectivity index (χ2n) is 4.33. The van der Waals surface area contributed by atoms with Crippen molar-refractivity contribution in [1.29, 1.82) is 0 Å². The first-order valence-electron chi connectivity index (χ1n) is 5.96. The van der Waals surface area contributed by atoms with Crippen LogP contribution >= 0.6 is 11.6 Å². The minimum absolute atomic E-state index is 0.354. The fourth-order valence-electron chi connectivity index (χ4n) is 1.85. The van der Waals surface area contributed by atoms with Gasteiger partial charge in [-0.1, -0.05) is 22.8 Å². The summed E-state index contributed by atoms with van der Waals surface area (Å²) in [5.74, 6) is 0.749. The quantitative estimate of drug-likeness (QED) is 0.731. The van der Waals surface area contributed by atoms with E-state index in [1.807, 2.05) is 19.1 Å². The van der Waals surface area contributed by atoms with Crippen LogP contribution in [0.4, 0.5) is 5.69 Å². The van der Waals surface area contributed by atoms with Crippen molar-refractivity contribution in [2.45, 2.75) is 6.92 Å². The lowest BCUT2D eigenvalue weighted by molar-refractivity contribution is 0.432. The van der Waals surface area contributed by atoms with Crippen molar-refractivity contribution in [3.8, 4) is 23.0 Å². The number of nitrogen functional groups attached to an aromatic ring is 1. The Morgan fingerprint density at radius 3 is 2.90 bits per heavy atom. The Bertz CT molecular complexity index is 769. The fraction of sp³-hybridized carbons (Fsp3) is 0.0714. The normalized spacial score (nSPS) is 10.7. The van der Waals surface area contributed by atoms with Crippen LogP contribution in [-0.4, -0.2) is 15.1 Å². The Balaban J connectivity index is 2.07. The van der Waals surface area contributed by atoms with Crippen molar-refractivity contribution in [2.24, 2.45) is 0 Å². The third-order valence-electron chi connectivity index (χ3n) is 2.89. The van der Waals surface area contributed by atoms with Crippen molar-refractivity contribution < 1.29 is 4.52 Å². The Morgan fingerprint density at radius 1 is 1.25 bits per heavy atom. The number of hydrogen-bond acceptors (Lipinski definition) is 5.